The number of ether oxygens (including phenoxy) is 1. The third-order valence-corrected chi connectivity index (χ3v) is 2.64. The van der Waals surface area contributed by atoms with Gasteiger partial charge in [-0.15, -0.1) is 0 Å². The molecular formula is C15H17F3O2. The number of rotatable bonds is 6. The van der Waals surface area contributed by atoms with Crippen LogP contribution >= 0.6 is 0 Å². The number of carbonyl (C=O) groups excluding carboxylic acids is 1. The minimum atomic E-state index is -4.35. The average Bonchev–Trinajstić information content (AvgIpc) is 2.41. The molecule has 0 radical (unpaired) electrons. The minimum Gasteiger partial charge on any atom is -0.463 e. The van der Waals surface area contributed by atoms with E-state index in [9.17, 15) is 18.0 Å². The first-order valence-corrected chi connectivity index (χ1v) is 6.45. The number of unbranched alkanes of at least 4 members (excludes halogenated alkanes) is 2. The van der Waals surface area contributed by atoms with Gasteiger partial charge in [-0.3, -0.25) is 0 Å². The molecular weight excluding hydrogens is 269 g/mol. The summed E-state index contributed by atoms with van der Waals surface area (Å²) in [5.74, 6) is -0.485. The van der Waals surface area contributed by atoms with Crippen LogP contribution in [-0.2, 0) is 15.7 Å². The summed E-state index contributed by atoms with van der Waals surface area (Å²) in [6.45, 7) is 2.41. The molecule has 0 aliphatic rings. The second kappa shape index (κ2) is 7.72. The smallest absolute Gasteiger partial charge is 0.416 e. The summed E-state index contributed by atoms with van der Waals surface area (Å²) < 4.78 is 42.0. The lowest BCUT2D eigenvalue weighted by molar-refractivity contribution is -0.138. The molecule has 1 aromatic rings. The summed E-state index contributed by atoms with van der Waals surface area (Å²) >= 11 is 0. The van der Waals surface area contributed by atoms with E-state index in [-0.39, 0.29) is 0 Å². The van der Waals surface area contributed by atoms with Crippen molar-refractivity contribution in [2.45, 2.75) is 32.4 Å². The van der Waals surface area contributed by atoms with Crippen molar-refractivity contribution < 1.29 is 22.7 Å². The molecule has 0 unspecified atom stereocenters. The fourth-order valence-electron chi connectivity index (χ4n) is 1.52. The van der Waals surface area contributed by atoms with Gasteiger partial charge in [0.05, 0.1) is 12.2 Å². The summed E-state index contributed by atoms with van der Waals surface area (Å²) in [6, 6.07) is 4.58. The van der Waals surface area contributed by atoms with Crippen molar-refractivity contribution in [1.29, 1.82) is 0 Å². The Kier molecular flexibility index (Phi) is 6.28. The van der Waals surface area contributed by atoms with Crippen molar-refractivity contribution in [3.05, 3.63) is 41.5 Å². The first-order chi connectivity index (χ1) is 9.43. The average molecular weight is 286 g/mol. The lowest BCUT2D eigenvalue weighted by Gasteiger charge is -2.05. The summed E-state index contributed by atoms with van der Waals surface area (Å²) in [6.07, 6.45) is 1.16. The van der Waals surface area contributed by atoms with Gasteiger partial charge in [0, 0.05) is 6.08 Å². The highest BCUT2D eigenvalue weighted by atomic mass is 19.4. The molecule has 0 aliphatic carbocycles. The molecule has 1 rings (SSSR count). The molecule has 20 heavy (non-hydrogen) atoms. The van der Waals surface area contributed by atoms with Crippen LogP contribution < -0.4 is 0 Å². The predicted molar refractivity (Wildman–Crippen MR) is 71.0 cm³/mol. The quantitative estimate of drug-likeness (QED) is 0.438. The van der Waals surface area contributed by atoms with Crippen LogP contribution in [0.2, 0.25) is 0 Å². The molecule has 2 nitrogen and oxygen atoms in total. The molecule has 0 N–H and O–H groups in total. The van der Waals surface area contributed by atoms with E-state index in [0.29, 0.717) is 12.2 Å². The van der Waals surface area contributed by atoms with Gasteiger partial charge < -0.3 is 4.74 Å². The van der Waals surface area contributed by atoms with Crippen LogP contribution in [0, 0.1) is 0 Å². The maximum absolute atomic E-state index is 12.3. The second-order valence-electron chi connectivity index (χ2n) is 4.33. The molecule has 0 saturated heterocycles. The number of halogens is 3. The van der Waals surface area contributed by atoms with E-state index in [0.717, 1.165) is 31.4 Å². The topological polar surface area (TPSA) is 26.3 Å². The Labute approximate surface area is 116 Å². The monoisotopic (exact) mass is 286 g/mol. The van der Waals surface area contributed by atoms with Crippen molar-refractivity contribution in [1.82, 2.24) is 0 Å². The minimum absolute atomic E-state index is 0.365. The molecule has 0 atom stereocenters. The van der Waals surface area contributed by atoms with Gasteiger partial charge in [-0.25, -0.2) is 4.79 Å². The number of esters is 1. The van der Waals surface area contributed by atoms with Gasteiger partial charge >= 0.3 is 12.1 Å². The highest BCUT2D eigenvalue weighted by Crippen LogP contribution is 2.29. The van der Waals surface area contributed by atoms with Crippen molar-refractivity contribution in [2.75, 3.05) is 6.61 Å². The molecule has 0 heterocycles. The second-order valence-corrected chi connectivity index (χ2v) is 4.33. The molecule has 0 aromatic heterocycles. The van der Waals surface area contributed by atoms with Crippen LogP contribution in [-0.4, -0.2) is 12.6 Å². The zero-order chi connectivity index (χ0) is 15.0. The largest absolute Gasteiger partial charge is 0.463 e. The molecule has 0 fully saturated rings. The van der Waals surface area contributed by atoms with Crippen molar-refractivity contribution in [2.24, 2.45) is 0 Å². The van der Waals surface area contributed by atoms with Crippen LogP contribution in [0.25, 0.3) is 6.08 Å². The number of benzene rings is 1. The highest BCUT2D eigenvalue weighted by Gasteiger charge is 2.29. The van der Waals surface area contributed by atoms with Crippen molar-refractivity contribution in [3.63, 3.8) is 0 Å². The zero-order valence-electron chi connectivity index (χ0n) is 11.2. The van der Waals surface area contributed by atoms with Crippen LogP contribution in [0.15, 0.2) is 30.3 Å². The van der Waals surface area contributed by atoms with Crippen LogP contribution in [0.3, 0.4) is 0 Å². The Bertz CT molecular complexity index is 447. The van der Waals surface area contributed by atoms with E-state index in [1.165, 1.54) is 24.3 Å². The van der Waals surface area contributed by atoms with Crippen LogP contribution in [0.4, 0.5) is 13.2 Å². The summed E-state index contributed by atoms with van der Waals surface area (Å²) in [5.41, 5.74) is -0.194. The van der Waals surface area contributed by atoms with Gasteiger partial charge in [-0.05, 0) is 30.2 Å². The Balaban J connectivity index is 2.47. The molecule has 0 saturated carbocycles. The molecule has 110 valence electrons. The van der Waals surface area contributed by atoms with Gasteiger partial charge in [0.2, 0.25) is 0 Å². The lowest BCUT2D eigenvalue weighted by atomic mass is 10.1. The van der Waals surface area contributed by atoms with E-state index in [1.807, 2.05) is 6.92 Å². The van der Waals surface area contributed by atoms with Gasteiger partial charge in [0.25, 0.3) is 0 Å². The van der Waals surface area contributed by atoms with E-state index < -0.39 is 17.7 Å². The van der Waals surface area contributed by atoms with Crippen molar-refractivity contribution in [3.8, 4) is 0 Å². The Hall–Kier alpha value is -1.78. The van der Waals surface area contributed by atoms with Crippen LogP contribution in [0.1, 0.15) is 37.3 Å². The third kappa shape index (κ3) is 5.91. The van der Waals surface area contributed by atoms with Gasteiger partial charge in [-0.2, -0.15) is 13.2 Å². The Morgan fingerprint density at radius 3 is 2.40 bits per heavy atom. The molecule has 0 aliphatic heterocycles. The Morgan fingerprint density at radius 1 is 1.20 bits per heavy atom. The summed E-state index contributed by atoms with van der Waals surface area (Å²) in [4.78, 5) is 11.3. The predicted octanol–water partition coefficient (Wildman–Crippen LogP) is 4.45. The van der Waals surface area contributed by atoms with Crippen molar-refractivity contribution >= 4 is 12.0 Å². The Morgan fingerprint density at radius 2 is 1.85 bits per heavy atom. The van der Waals surface area contributed by atoms with Gasteiger partial charge in [-0.1, -0.05) is 31.9 Å². The lowest BCUT2D eigenvalue weighted by Crippen LogP contribution is -2.04. The van der Waals surface area contributed by atoms with E-state index >= 15 is 0 Å². The normalized spacial score (nSPS) is 11.8. The molecule has 0 bridgehead atoms. The van der Waals surface area contributed by atoms with Gasteiger partial charge in [0.1, 0.15) is 0 Å². The molecule has 0 amide bonds. The number of hydrogen-bond acceptors (Lipinski definition) is 2. The summed E-state index contributed by atoms with van der Waals surface area (Å²) in [7, 11) is 0. The standard InChI is InChI=1S/C15H17F3O2/c1-2-3-4-11-20-14(19)10-7-12-5-8-13(9-6-12)15(16,17)18/h5-10H,2-4,11H2,1H3/b10-7+. The molecule has 0 spiro atoms. The molecule has 1 aromatic carbocycles. The summed E-state index contributed by atoms with van der Waals surface area (Å²) in [5, 5.41) is 0. The highest BCUT2D eigenvalue weighted by molar-refractivity contribution is 5.87. The number of alkyl halides is 3. The third-order valence-electron chi connectivity index (χ3n) is 2.64. The molecule has 5 heteroatoms. The zero-order valence-corrected chi connectivity index (χ0v) is 11.2. The first-order valence-electron chi connectivity index (χ1n) is 6.45. The number of carbonyl (C=O) groups is 1. The fourth-order valence-corrected chi connectivity index (χ4v) is 1.52. The van der Waals surface area contributed by atoms with Crippen LogP contribution in [0.5, 0.6) is 0 Å². The first kappa shape index (κ1) is 16.3. The fraction of sp³-hybridized carbons (Fsp3) is 0.400. The SMILES string of the molecule is CCCCCOC(=O)/C=C/c1ccc(C(F)(F)F)cc1. The maximum Gasteiger partial charge on any atom is 0.416 e. The van der Waals surface area contributed by atoms with E-state index in [2.05, 4.69) is 0 Å². The maximum atomic E-state index is 12.3. The van der Waals surface area contributed by atoms with E-state index in [4.69, 9.17) is 4.74 Å². The van der Waals surface area contributed by atoms with Gasteiger partial charge in [0.15, 0.2) is 0 Å². The van der Waals surface area contributed by atoms with E-state index in [1.54, 1.807) is 0 Å². The number of hydrogen-bond donors (Lipinski definition) is 0.